The largest absolute Gasteiger partial charge is 0.297 e. The Morgan fingerprint density at radius 3 is 2.23 bits per heavy atom. The van der Waals surface area contributed by atoms with Crippen LogP contribution in [-0.4, -0.2) is 0 Å². The van der Waals surface area contributed by atoms with E-state index < -0.39 is 0 Å². The van der Waals surface area contributed by atoms with E-state index >= 15 is 0 Å². The Morgan fingerprint density at radius 1 is 0.885 bits per heavy atom. The summed E-state index contributed by atoms with van der Waals surface area (Å²) in [6.45, 7) is 6.75. The third-order valence-corrected chi connectivity index (χ3v) is 5.72. The third-order valence-electron chi connectivity index (χ3n) is 4.77. The molecular weight excluding hydrogens is 336 g/mol. The molecule has 0 bridgehead atoms. The summed E-state index contributed by atoms with van der Waals surface area (Å²) in [4.78, 5) is 1.34. The molecule has 132 valence electrons. The predicted molar refractivity (Wildman–Crippen MR) is 112 cm³/mol. The fraction of sp³-hybridized carbons (Fsp3) is 0.217. The van der Waals surface area contributed by atoms with Gasteiger partial charge in [-0.25, -0.2) is 0 Å². The second kappa shape index (κ2) is 6.65. The van der Waals surface area contributed by atoms with Crippen molar-refractivity contribution in [2.75, 3.05) is 5.01 Å². The standard InChI is InChI=1S/C23H24N2S/c1-23(2,3)18-13-11-17(12-14-18)20-16-21(22-10-7-15-26-22)25(24-20)19-8-5-4-6-9-19/h4-16,21,24H,1-3H3. The van der Waals surface area contributed by atoms with Crippen molar-refractivity contribution in [1.29, 1.82) is 0 Å². The summed E-state index contributed by atoms with van der Waals surface area (Å²) in [5.74, 6) is 0. The van der Waals surface area contributed by atoms with Crippen LogP contribution in [0.2, 0.25) is 0 Å². The van der Waals surface area contributed by atoms with Crippen molar-refractivity contribution in [1.82, 2.24) is 5.43 Å². The van der Waals surface area contributed by atoms with Crippen LogP contribution >= 0.6 is 11.3 Å². The van der Waals surface area contributed by atoms with Crippen LogP contribution in [0.1, 0.15) is 42.8 Å². The highest BCUT2D eigenvalue weighted by Gasteiger charge is 2.27. The second-order valence-electron chi connectivity index (χ2n) is 7.69. The Bertz CT molecular complexity index is 888. The van der Waals surface area contributed by atoms with E-state index in [-0.39, 0.29) is 11.5 Å². The molecule has 1 unspecified atom stereocenters. The maximum absolute atomic E-state index is 3.62. The average molecular weight is 361 g/mol. The molecule has 0 saturated carbocycles. The number of para-hydroxylation sites is 1. The zero-order valence-corrected chi connectivity index (χ0v) is 16.3. The zero-order chi connectivity index (χ0) is 18.1. The van der Waals surface area contributed by atoms with Crippen LogP contribution < -0.4 is 10.4 Å². The van der Waals surface area contributed by atoms with E-state index in [0.29, 0.717) is 0 Å². The SMILES string of the molecule is CC(C)(C)c1ccc(C2=CC(c3cccs3)N(c3ccccc3)N2)cc1. The van der Waals surface area contributed by atoms with E-state index in [2.05, 4.69) is 109 Å². The summed E-state index contributed by atoms with van der Waals surface area (Å²) in [6, 6.07) is 24.0. The average Bonchev–Trinajstić information content (AvgIpc) is 3.31. The molecular formula is C23H24N2S. The normalized spacial score (nSPS) is 17.1. The van der Waals surface area contributed by atoms with Crippen molar-refractivity contribution < 1.29 is 0 Å². The third kappa shape index (κ3) is 3.27. The lowest BCUT2D eigenvalue weighted by molar-refractivity contribution is 0.590. The van der Waals surface area contributed by atoms with Crippen molar-refractivity contribution in [2.45, 2.75) is 32.2 Å². The molecule has 1 atom stereocenters. The first-order valence-corrected chi connectivity index (χ1v) is 9.87. The highest BCUT2D eigenvalue weighted by Crippen LogP contribution is 2.37. The summed E-state index contributed by atoms with van der Waals surface area (Å²) >= 11 is 1.80. The predicted octanol–water partition coefficient (Wildman–Crippen LogP) is 6.15. The Kier molecular flexibility index (Phi) is 4.33. The summed E-state index contributed by atoms with van der Waals surface area (Å²) < 4.78 is 0. The molecule has 1 aromatic heterocycles. The van der Waals surface area contributed by atoms with Gasteiger partial charge in [0.15, 0.2) is 0 Å². The number of hydrogen-bond acceptors (Lipinski definition) is 3. The molecule has 0 fully saturated rings. The number of anilines is 1. The van der Waals surface area contributed by atoms with E-state index in [4.69, 9.17) is 0 Å². The van der Waals surface area contributed by atoms with Crippen LogP contribution in [0, 0.1) is 0 Å². The van der Waals surface area contributed by atoms with Crippen molar-refractivity contribution in [3.63, 3.8) is 0 Å². The molecule has 3 aromatic rings. The van der Waals surface area contributed by atoms with Crippen molar-refractivity contribution in [2.24, 2.45) is 0 Å². The number of hydrazine groups is 1. The van der Waals surface area contributed by atoms with Gasteiger partial charge in [-0.05, 0) is 46.2 Å². The molecule has 3 heteroatoms. The molecule has 26 heavy (non-hydrogen) atoms. The monoisotopic (exact) mass is 360 g/mol. The highest BCUT2D eigenvalue weighted by molar-refractivity contribution is 7.10. The molecule has 0 radical (unpaired) electrons. The quantitative estimate of drug-likeness (QED) is 0.602. The smallest absolute Gasteiger partial charge is 0.105 e. The minimum atomic E-state index is 0.172. The van der Waals surface area contributed by atoms with E-state index in [9.17, 15) is 0 Å². The molecule has 0 amide bonds. The molecule has 0 saturated heterocycles. The maximum atomic E-state index is 3.62. The number of hydrogen-bond donors (Lipinski definition) is 1. The Morgan fingerprint density at radius 2 is 1.62 bits per heavy atom. The number of benzene rings is 2. The van der Waals surface area contributed by atoms with Crippen molar-refractivity contribution in [3.05, 3.63) is 94.2 Å². The molecule has 2 aromatic carbocycles. The van der Waals surface area contributed by atoms with Gasteiger partial charge < -0.3 is 0 Å². The van der Waals surface area contributed by atoms with Crippen LogP contribution in [0.25, 0.3) is 5.70 Å². The van der Waals surface area contributed by atoms with Crippen molar-refractivity contribution in [3.8, 4) is 0 Å². The first-order valence-electron chi connectivity index (χ1n) is 8.99. The lowest BCUT2D eigenvalue weighted by Crippen LogP contribution is -2.33. The van der Waals surface area contributed by atoms with Gasteiger partial charge in [-0.1, -0.05) is 69.3 Å². The minimum Gasteiger partial charge on any atom is -0.297 e. The van der Waals surface area contributed by atoms with E-state index in [1.54, 1.807) is 11.3 Å². The first kappa shape index (κ1) is 16.9. The minimum absolute atomic E-state index is 0.172. The molecule has 1 aliphatic rings. The topological polar surface area (TPSA) is 15.3 Å². The van der Waals surface area contributed by atoms with Gasteiger partial charge in [0.2, 0.25) is 0 Å². The van der Waals surface area contributed by atoms with Gasteiger partial charge in [-0.2, -0.15) is 0 Å². The van der Waals surface area contributed by atoms with Gasteiger partial charge in [-0.3, -0.25) is 10.4 Å². The van der Waals surface area contributed by atoms with Gasteiger partial charge in [0, 0.05) is 4.88 Å². The van der Waals surface area contributed by atoms with E-state index in [1.165, 1.54) is 21.7 Å². The molecule has 2 nitrogen and oxygen atoms in total. The van der Waals surface area contributed by atoms with Crippen LogP contribution in [0.15, 0.2) is 78.2 Å². The summed E-state index contributed by atoms with van der Waals surface area (Å²) in [6.07, 6.45) is 2.32. The lowest BCUT2D eigenvalue weighted by Gasteiger charge is -2.27. The van der Waals surface area contributed by atoms with E-state index in [1.807, 2.05) is 0 Å². The molecule has 2 heterocycles. The molecule has 0 spiro atoms. The number of thiophene rings is 1. The number of rotatable bonds is 3. The van der Waals surface area contributed by atoms with Crippen LogP contribution in [0.5, 0.6) is 0 Å². The summed E-state index contributed by atoms with van der Waals surface area (Å²) in [5.41, 5.74) is 8.70. The summed E-state index contributed by atoms with van der Waals surface area (Å²) in [7, 11) is 0. The number of nitrogens with one attached hydrogen (secondary N) is 1. The molecule has 1 N–H and O–H groups in total. The maximum Gasteiger partial charge on any atom is 0.105 e. The Balaban J connectivity index is 1.68. The van der Waals surface area contributed by atoms with Crippen LogP contribution in [0.3, 0.4) is 0 Å². The van der Waals surface area contributed by atoms with E-state index in [0.717, 1.165) is 5.70 Å². The molecule has 4 rings (SSSR count). The number of nitrogens with zero attached hydrogens (tertiary/aromatic N) is 1. The van der Waals surface area contributed by atoms with Gasteiger partial charge >= 0.3 is 0 Å². The van der Waals surface area contributed by atoms with Crippen LogP contribution in [0.4, 0.5) is 5.69 Å². The fourth-order valence-electron chi connectivity index (χ4n) is 3.26. The van der Waals surface area contributed by atoms with Crippen molar-refractivity contribution >= 4 is 22.7 Å². The molecule has 1 aliphatic heterocycles. The van der Waals surface area contributed by atoms with Gasteiger partial charge in [-0.15, -0.1) is 11.3 Å². The van der Waals surface area contributed by atoms with Gasteiger partial charge in [0.05, 0.1) is 11.4 Å². The Hall–Kier alpha value is -2.52. The Labute approximate surface area is 159 Å². The lowest BCUT2D eigenvalue weighted by atomic mass is 9.86. The molecule has 0 aliphatic carbocycles. The van der Waals surface area contributed by atoms with Crippen LogP contribution in [-0.2, 0) is 5.41 Å². The fourth-order valence-corrected chi connectivity index (χ4v) is 4.05. The van der Waals surface area contributed by atoms with Gasteiger partial charge in [0.25, 0.3) is 0 Å². The highest BCUT2D eigenvalue weighted by atomic mass is 32.1. The van der Waals surface area contributed by atoms with Gasteiger partial charge in [0.1, 0.15) is 6.04 Å². The summed E-state index contributed by atoms with van der Waals surface area (Å²) in [5, 5.41) is 4.39. The first-order chi connectivity index (χ1) is 12.5. The second-order valence-corrected chi connectivity index (χ2v) is 8.66. The zero-order valence-electron chi connectivity index (χ0n) is 15.4.